The summed E-state index contributed by atoms with van der Waals surface area (Å²) >= 11 is 1.66. The lowest BCUT2D eigenvalue weighted by Gasteiger charge is -2.20. The fourth-order valence-corrected chi connectivity index (χ4v) is 3.69. The lowest BCUT2D eigenvalue weighted by Crippen LogP contribution is -2.19. The van der Waals surface area contributed by atoms with Crippen molar-refractivity contribution >= 4 is 29.0 Å². The van der Waals surface area contributed by atoms with Gasteiger partial charge in [0.05, 0.1) is 10.7 Å². The first kappa shape index (κ1) is 15.8. The van der Waals surface area contributed by atoms with Crippen LogP contribution in [-0.2, 0) is 4.79 Å². The second-order valence-corrected chi connectivity index (χ2v) is 6.63. The Bertz CT molecular complexity index is 528. The zero-order valence-corrected chi connectivity index (χ0v) is 12.9. The fraction of sp³-hybridized carbons (Fsp3) is 0.533. The maximum atomic E-state index is 12.0. The van der Waals surface area contributed by atoms with Crippen molar-refractivity contribution in [1.29, 1.82) is 0 Å². The summed E-state index contributed by atoms with van der Waals surface area (Å²) in [7, 11) is 0. The molecule has 0 aliphatic heterocycles. The van der Waals surface area contributed by atoms with Gasteiger partial charge in [0.2, 0.25) is 5.91 Å². The van der Waals surface area contributed by atoms with Gasteiger partial charge in [0, 0.05) is 11.3 Å². The van der Waals surface area contributed by atoms with Crippen molar-refractivity contribution in [3.05, 3.63) is 33.9 Å². The number of carbonyl (C=O) groups is 1. The molecule has 5 nitrogen and oxygen atoms in total. The standard InChI is InChI=1S/C15H20N2O3S/c1-11-6-5-9-13(17(19)20)15(11)16-14(18)10-21-12-7-3-2-4-8-12/h5-6,9,12H,2-4,7-8,10H2,1H3,(H,16,18). The average molecular weight is 308 g/mol. The molecule has 1 N–H and O–H groups in total. The number of nitro benzene ring substituents is 1. The molecule has 0 spiro atoms. The molecule has 0 saturated heterocycles. The second kappa shape index (κ2) is 7.45. The highest BCUT2D eigenvalue weighted by atomic mass is 32.2. The van der Waals surface area contributed by atoms with Gasteiger partial charge in [0.1, 0.15) is 5.69 Å². The van der Waals surface area contributed by atoms with Crippen LogP contribution in [0.25, 0.3) is 0 Å². The van der Waals surface area contributed by atoms with E-state index in [0.29, 0.717) is 22.3 Å². The summed E-state index contributed by atoms with van der Waals surface area (Å²) in [4.78, 5) is 22.6. The third kappa shape index (κ3) is 4.46. The molecule has 0 aromatic heterocycles. The Morgan fingerprint density at radius 2 is 2.10 bits per heavy atom. The number of nitrogens with zero attached hydrogens (tertiary/aromatic N) is 1. The number of carbonyl (C=O) groups excluding carboxylic acids is 1. The summed E-state index contributed by atoms with van der Waals surface area (Å²) in [5.74, 6) is 0.193. The van der Waals surface area contributed by atoms with Gasteiger partial charge in [-0.1, -0.05) is 31.4 Å². The van der Waals surface area contributed by atoms with Gasteiger partial charge in [0.25, 0.3) is 5.69 Å². The smallest absolute Gasteiger partial charge is 0.293 e. The molecular formula is C15H20N2O3S. The van der Waals surface area contributed by atoms with Crippen LogP contribution in [0.15, 0.2) is 18.2 Å². The minimum Gasteiger partial charge on any atom is -0.319 e. The molecule has 114 valence electrons. The van der Waals surface area contributed by atoms with Gasteiger partial charge in [-0.25, -0.2) is 0 Å². The highest BCUT2D eigenvalue weighted by molar-refractivity contribution is 8.00. The number of rotatable bonds is 5. The Morgan fingerprint density at radius 1 is 1.38 bits per heavy atom. The topological polar surface area (TPSA) is 72.2 Å². The van der Waals surface area contributed by atoms with E-state index in [1.165, 1.54) is 38.2 Å². The number of hydrogen-bond donors (Lipinski definition) is 1. The molecule has 1 amide bonds. The summed E-state index contributed by atoms with van der Waals surface area (Å²) in [6.45, 7) is 1.76. The number of nitro groups is 1. The molecule has 6 heteroatoms. The highest BCUT2D eigenvalue weighted by Crippen LogP contribution is 2.30. The molecule has 0 radical (unpaired) electrons. The number of benzene rings is 1. The van der Waals surface area contributed by atoms with Crippen LogP contribution in [-0.4, -0.2) is 21.8 Å². The van der Waals surface area contributed by atoms with Crippen LogP contribution in [0.3, 0.4) is 0 Å². The van der Waals surface area contributed by atoms with Gasteiger partial charge in [-0.15, -0.1) is 11.8 Å². The van der Waals surface area contributed by atoms with Crippen molar-refractivity contribution in [2.45, 2.75) is 44.3 Å². The Morgan fingerprint density at radius 3 is 2.76 bits per heavy atom. The maximum Gasteiger partial charge on any atom is 0.293 e. The Balaban J connectivity index is 1.94. The fourth-order valence-electron chi connectivity index (χ4n) is 2.57. The lowest BCUT2D eigenvalue weighted by molar-refractivity contribution is -0.384. The Hall–Kier alpha value is -1.56. The highest BCUT2D eigenvalue weighted by Gasteiger charge is 2.19. The van der Waals surface area contributed by atoms with E-state index in [0.717, 1.165) is 0 Å². The first-order valence-electron chi connectivity index (χ1n) is 7.23. The SMILES string of the molecule is Cc1cccc([N+](=O)[O-])c1NC(=O)CSC1CCCCC1. The van der Waals surface area contributed by atoms with E-state index in [1.807, 2.05) is 0 Å². The predicted octanol–water partition coefficient (Wildman–Crippen LogP) is 3.91. The van der Waals surface area contributed by atoms with Gasteiger partial charge >= 0.3 is 0 Å². The molecule has 0 heterocycles. The number of amides is 1. The summed E-state index contributed by atoms with van der Waals surface area (Å²) in [5.41, 5.74) is 0.975. The number of aryl methyl sites for hydroxylation is 1. The Kier molecular flexibility index (Phi) is 5.61. The Labute approximate surface area is 128 Å². The quantitative estimate of drug-likeness (QED) is 0.661. The van der Waals surface area contributed by atoms with E-state index in [4.69, 9.17) is 0 Å². The predicted molar refractivity (Wildman–Crippen MR) is 85.8 cm³/mol. The molecule has 1 aliphatic rings. The minimum absolute atomic E-state index is 0.0500. The van der Waals surface area contributed by atoms with Crippen LogP contribution in [0.5, 0.6) is 0 Å². The van der Waals surface area contributed by atoms with E-state index >= 15 is 0 Å². The van der Waals surface area contributed by atoms with Crippen molar-refractivity contribution < 1.29 is 9.72 Å². The summed E-state index contributed by atoms with van der Waals surface area (Å²) < 4.78 is 0. The van der Waals surface area contributed by atoms with E-state index in [2.05, 4.69) is 5.32 Å². The molecule has 1 aliphatic carbocycles. The summed E-state index contributed by atoms with van der Waals surface area (Å²) in [5, 5.41) is 14.3. The van der Waals surface area contributed by atoms with E-state index in [9.17, 15) is 14.9 Å². The van der Waals surface area contributed by atoms with Gasteiger partial charge in [0.15, 0.2) is 0 Å². The normalized spacial score (nSPS) is 15.7. The third-order valence-corrected chi connectivity index (χ3v) is 5.09. The first-order chi connectivity index (χ1) is 10.1. The van der Waals surface area contributed by atoms with Crippen molar-refractivity contribution in [3.8, 4) is 0 Å². The molecule has 1 saturated carbocycles. The molecule has 2 rings (SSSR count). The molecule has 1 fully saturated rings. The van der Waals surface area contributed by atoms with Crippen LogP contribution in [0.1, 0.15) is 37.7 Å². The van der Waals surface area contributed by atoms with Gasteiger partial charge < -0.3 is 5.32 Å². The van der Waals surface area contributed by atoms with Crippen LogP contribution in [0.2, 0.25) is 0 Å². The molecule has 1 aromatic rings. The molecule has 0 bridgehead atoms. The number of nitrogens with one attached hydrogen (secondary N) is 1. The van der Waals surface area contributed by atoms with Gasteiger partial charge in [-0.2, -0.15) is 0 Å². The van der Waals surface area contributed by atoms with Crippen LogP contribution < -0.4 is 5.32 Å². The van der Waals surface area contributed by atoms with E-state index < -0.39 is 4.92 Å². The summed E-state index contributed by atoms with van der Waals surface area (Å²) in [6.07, 6.45) is 6.11. The van der Waals surface area contributed by atoms with E-state index in [-0.39, 0.29) is 11.6 Å². The van der Waals surface area contributed by atoms with Gasteiger partial charge in [-0.3, -0.25) is 14.9 Å². The molecular weight excluding hydrogens is 288 g/mol. The van der Waals surface area contributed by atoms with Crippen LogP contribution in [0.4, 0.5) is 11.4 Å². The minimum atomic E-state index is -0.461. The van der Waals surface area contributed by atoms with Crippen molar-refractivity contribution in [2.24, 2.45) is 0 Å². The van der Waals surface area contributed by atoms with Crippen molar-refractivity contribution in [3.63, 3.8) is 0 Å². The second-order valence-electron chi connectivity index (χ2n) is 5.35. The zero-order chi connectivity index (χ0) is 15.2. The summed E-state index contributed by atoms with van der Waals surface area (Å²) in [6, 6.07) is 4.80. The average Bonchev–Trinajstić information content (AvgIpc) is 2.48. The first-order valence-corrected chi connectivity index (χ1v) is 8.28. The molecule has 21 heavy (non-hydrogen) atoms. The number of anilines is 1. The number of thioether (sulfide) groups is 1. The van der Waals surface area contributed by atoms with Crippen LogP contribution >= 0.6 is 11.8 Å². The number of para-hydroxylation sites is 1. The van der Waals surface area contributed by atoms with Gasteiger partial charge in [-0.05, 0) is 25.3 Å². The van der Waals surface area contributed by atoms with Crippen LogP contribution in [0, 0.1) is 17.0 Å². The third-order valence-electron chi connectivity index (χ3n) is 3.71. The molecule has 1 aromatic carbocycles. The zero-order valence-electron chi connectivity index (χ0n) is 12.1. The molecule has 0 unspecified atom stereocenters. The van der Waals surface area contributed by atoms with Crippen molar-refractivity contribution in [1.82, 2.24) is 0 Å². The monoisotopic (exact) mass is 308 g/mol. The number of hydrogen-bond acceptors (Lipinski definition) is 4. The maximum absolute atomic E-state index is 12.0. The molecule has 0 atom stereocenters. The van der Waals surface area contributed by atoms with Crippen molar-refractivity contribution in [2.75, 3.05) is 11.1 Å². The lowest BCUT2D eigenvalue weighted by atomic mass is 10.0. The largest absolute Gasteiger partial charge is 0.319 e. The van der Waals surface area contributed by atoms with E-state index in [1.54, 1.807) is 30.8 Å².